The highest BCUT2D eigenvalue weighted by Crippen LogP contribution is 2.30. The number of carbonyl (C=O) groups excluding carboxylic acids is 3. The fourth-order valence-corrected chi connectivity index (χ4v) is 4.79. The van der Waals surface area contributed by atoms with Crippen molar-refractivity contribution in [1.82, 2.24) is 20.9 Å². The van der Waals surface area contributed by atoms with Gasteiger partial charge in [0.2, 0.25) is 17.7 Å². The Kier molecular flexibility index (Phi) is 8.29. The van der Waals surface area contributed by atoms with Crippen molar-refractivity contribution < 1.29 is 14.4 Å². The first-order chi connectivity index (χ1) is 15.5. The van der Waals surface area contributed by atoms with Gasteiger partial charge in [0.15, 0.2) is 0 Å². The summed E-state index contributed by atoms with van der Waals surface area (Å²) in [5.41, 5.74) is 2.44. The second kappa shape index (κ2) is 11.1. The summed E-state index contributed by atoms with van der Waals surface area (Å²) >= 11 is 0. The first kappa shape index (κ1) is 23.8. The summed E-state index contributed by atoms with van der Waals surface area (Å²) < 4.78 is 0. The first-order valence-corrected chi connectivity index (χ1v) is 11.6. The molecule has 1 aliphatic heterocycles. The van der Waals surface area contributed by atoms with Crippen LogP contribution in [0.3, 0.4) is 0 Å². The predicted octanol–water partition coefficient (Wildman–Crippen LogP) is 1.68. The predicted molar refractivity (Wildman–Crippen MR) is 124 cm³/mol. The number of likely N-dealkylation sites (tertiary alicyclic amines) is 1. The fraction of sp³-hybridized carbons (Fsp3) is 0.560. The molecule has 172 valence electrons. The molecule has 1 saturated heterocycles. The lowest BCUT2D eigenvalue weighted by atomic mass is 9.87. The van der Waals surface area contributed by atoms with Crippen molar-refractivity contribution in [2.24, 2.45) is 0 Å². The van der Waals surface area contributed by atoms with Crippen LogP contribution in [0.4, 0.5) is 0 Å². The Morgan fingerprint density at radius 2 is 1.97 bits per heavy atom. The second-order valence-corrected chi connectivity index (χ2v) is 8.56. The molecule has 7 heteroatoms. The van der Waals surface area contributed by atoms with Gasteiger partial charge < -0.3 is 20.9 Å². The third kappa shape index (κ3) is 5.31. The Morgan fingerprint density at radius 3 is 2.69 bits per heavy atom. The Balaban J connectivity index is 1.69. The number of nitrogens with one attached hydrogen (secondary N) is 3. The standard InChI is InChI=1S/C25H34N4O3/c1-4-10-21(28-23(30)19(5-2)26-3)25(32)29-16-9-15-22(29)24(31)27-20-14-8-12-17-11-6-7-13-18(17)20/h1,6-7,11,13,19-22,26H,5,8-10,12,14-16H2,2-3H3,(H,27,31)(H,28,30)/t19-,20+,21-,22-/m0/s1. The summed E-state index contributed by atoms with van der Waals surface area (Å²) in [6.45, 7) is 2.38. The maximum atomic E-state index is 13.3. The molecular weight excluding hydrogens is 404 g/mol. The number of benzene rings is 1. The molecular formula is C25H34N4O3. The highest BCUT2D eigenvalue weighted by atomic mass is 16.2. The van der Waals surface area contributed by atoms with Gasteiger partial charge in [0.25, 0.3) is 0 Å². The van der Waals surface area contributed by atoms with E-state index in [0.717, 1.165) is 31.2 Å². The number of hydrogen-bond donors (Lipinski definition) is 3. The SMILES string of the molecule is C#CC[C@H](NC(=O)[C@H](CC)NC)C(=O)N1CCC[C@H]1C(=O)N[C@@H]1CCCc2ccccc21. The molecule has 0 spiro atoms. The fourth-order valence-electron chi connectivity index (χ4n) is 4.79. The third-order valence-corrected chi connectivity index (χ3v) is 6.53. The van der Waals surface area contributed by atoms with Gasteiger partial charge in [-0.3, -0.25) is 14.4 Å². The third-order valence-electron chi connectivity index (χ3n) is 6.53. The number of likely N-dealkylation sites (N-methyl/N-ethyl adjacent to an activating group) is 1. The van der Waals surface area contributed by atoms with E-state index in [1.807, 2.05) is 19.1 Å². The van der Waals surface area contributed by atoms with E-state index >= 15 is 0 Å². The summed E-state index contributed by atoms with van der Waals surface area (Å²) in [5, 5.41) is 8.90. The molecule has 0 radical (unpaired) electrons. The van der Waals surface area contributed by atoms with Gasteiger partial charge in [0.05, 0.1) is 12.1 Å². The highest BCUT2D eigenvalue weighted by Gasteiger charge is 2.38. The van der Waals surface area contributed by atoms with Crippen LogP contribution < -0.4 is 16.0 Å². The molecule has 1 heterocycles. The van der Waals surface area contributed by atoms with E-state index in [1.165, 1.54) is 5.56 Å². The molecule has 1 aromatic carbocycles. The van der Waals surface area contributed by atoms with Gasteiger partial charge in [-0.2, -0.15) is 0 Å². The molecule has 3 rings (SSSR count). The number of nitrogens with zero attached hydrogens (tertiary/aromatic N) is 1. The maximum absolute atomic E-state index is 13.3. The number of carbonyl (C=O) groups is 3. The van der Waals surface area contributed by atoms with E-state index in [9.17, 15) is 14.4 Å². The molecule has 7 nitrogen and oxygen atoms in total. The van der Waals surface area contributed by atoms with Gasteiger partial charge >= 0.3 is 0 Å². The Bertz CT molecular complexity index is 874. The zero-order valence-electron chi connectivity index (χ0n) is 19.0. The van der Waals surface area contributed by atoms with Crippen LogP contribution >= 0.6 is 0 Å². The van der Waals surface area contributed by atoms with Gasteiger partial charge in [-0.1, -0.05) is 31.2 Å². The summed E-state index contributed by atoms with van der Waals surface area (Å²) in [5.74, 6) is 1.81. The quantitative estimate of drug-likeness (QED) is 0.539. The zero-order valence-corrected chi connectivity index (χ0v) is 19.0. The average molecular weight is 439 g/mol. The largest absolute Gasteiger partial charge is 0.347 e. The zero-order chi connectivity index (χ0) is 23.1. The van der Waals surface area contributed by atoms with Gasteiger partial charge in [0, 0.05) is 13.0 Å². The van der Waals surface area contributed by atoms with Crippen LogP contribution in [0.15, 0.2) is 24.3 Å². The molecule has 1 aromatic rings. The van der Waals surface area contributed by atoms with Gasteiger partial charge in [-0.25, -0.2) is 0 Å². The van der Waals surface area contributed by atoms with Crippen molar-refractivity contribution in [3.05, 3.63) is 35.4 Å². The summed E-state index contributed by atoms with van der Waals surface area (Å²) in [4.78, 5) is 40.6. The molecule has 0 bridgehead atoms. The molecule has 1 aliphatic carbocycles. The lowest BCUT2D eigenvalue weighted by Gasteiger charge is -2.31. The minimum Gasteiger partial charge on any atom is -0.347 e. The monoisotopic (exact) mass is 438 g/mol. The molecule has 4 atom stereocenters. The van der Waals surface area contributed by atoms with E-state index in [4.69, 9.17) is 6.42 Å². The van der Waals surface area contributed by atoms with Crippen LogP contribution in [0, 0.1) is 12.3 Å². The Morgan fingerprint density at radius 1 is 1.19 bits per heavy atom. The Labute approximate surface area is 190 Å². The van der Waals surface area contributed by atoms with Crippen molar-refractivity contribution in [2.45, 2.75) is 76.0 Å². The molecule has 1 fully saturated rings. The molecule has 3 N–H and O–H groups in total. The lowest BCUT2D eigenvalue weighted by molar-refractivity contribution is -0.141. The molecule has 3 amide bonds. The molecule has 0 saturated carbocycles. The van der Waals surface area contributed by atoms with Gasteiger partial charge in [-0.05, 0) is 56.7 Å². The van der Waals surface area contributed by atoms with E-state index in [1.54, 1.807) is 11.9 Å². The van der Waals surface area contributed by atoms with Crippen LogP contribution in [0.1, 0.15) is 62.6 Å². The average Bonchev–Trinajstić information content (AvgIpc) is 3.29. The van der Waals surface area contributed by atoms with Crippen molar-refractivity contribution in [3.8, 4) is 12.3 Å². The van der Waals surface area contributed by atoms with Crippen LogP contribution in [-0.4, -0.2) is 54.3 Å². The number of fused-ring (bicyclic) bond motifs is 1. The topological polar surface area (TPSA) is 90.5 Å². The smallest absolute Gasteiger partial charge is 0.246 e. The summed E-state index contributed by atoms with van der Waals surface area (Å²) in [7, 11) is 1.70. The van der Waals surface area contributed by atoms with E-state index in [2.05, 4.69) is 34.0 Å². The maximum Gasteiger partial charge on any atom is 0.246 e. The highest BCUT2D eigenvalue weighted by molar-refractivity contribution is 5.93. The number of amides is 3. The first-order valence-electron chi connectivity index (χ1n) is 11.6. The van der Waals surface area contributed by atoms with Crippen molar-refractivity contribution in [1.29, 1.82) is 0 Å². The van der Waals surface area contributed by atoms with Gasteiger partial charge in [0.1, 0.15) is 12.1 Å². The van der Waals surface area contributed by atoms with Crippen LogP contribution in [0.25, 0.3) is 0 Å². The van der Waals surface area contributed by atoms with Crippen molar-refractivity contribution >= 4 is 17.7 Å². The minimum absolute atomic E-state index is 0.0350. The molecule has 32 heavy (non-hydrogen) atoms. The lowest BCUT2D eigenvalue weighted by Crippen LogP contribution is -2.56. The normalized spacial score (nSPS) is 21.7. The van der Waals surface area contributed by atoms with E-state index in [-0.39, 0.29) is 30.2 Å². The molecule has 0 aromatic heterocycles. The van der Waals surface area contributed by atoms with E-state index < -0.39 is 18.1 Å². The molecule has 2 aliphatic rings. The van der Waals surface area contributed by atoms with Crippen LogP contribution in [0.2, 0.25) is 0 Å². The second-order valence-electron chi connectivity index (χ2n) is 8.56. The van der Waals surface area contributed by atoms with Crippen molar-refractivity contribution in [3.63, 3.8) is 0 Å². The summed E-state index contributed by atoms with van der Waals surface area (Å²) in [6, 6.07) is 6.40. The minimum atomic E-state index is -0.835. The number of hydrogen-bond acceptors (Lipinski definition) is 4. The van der Waals surface area contributed by atoms with E-state index in [0.29, 0.717) is 19.4 Å². The Hall–Kier alpha value is -2.85. The number of rotatable bonds is 8. The van der Waals surface area contributed by atoms with Crippen LogP contribution in [0.5, 0.6) is 0 Å². The van der Waals surface area contributed by atoms with Crippen LogP contribution in [-0.2, 0) is 20.8 Å². The molecule has 0 unspecified atom stereocenters. The summed E-state index contributed by atoms with van der Waals surface area (Å²) in [6.07, 6.45) is 10.5. The van der Waals surface area contributed by atoms with Crippen molar-refractivity contribution in [2.75, 3.05) is 13.6 Å². The van der Waals surface area contributed by atoms with Gasteiger partial charge in [-0.15, -0.1) is 12.3 Å². The number of aryl methyl sites for hydroxylation is 1. The number of terminal acetylenes is 1.